The van der Waals surface area contributed by atoms with E-state index in [9.17, 15) is 9.18 Å². The molecule has 0 bridgehead atoms. The highest BCUT2D eigenvalue weighted by molar-refractivity contribution is 9.10. The first-order valence-electron chi connectivity index (χ1n) is 6.52. The van der Waals surface area contributed by atoms with Crippen LogP contribution in [-0.2, 0) is 11.2 Å². The van der Waals surface area contributed by atoms with Gasteiger partial charge in [-0.2, -0.15) is 0 Å². The van der Waals surface area contributed by atoms with Crippen molar-refractivity contribution in [2.45, 2.75) is 19.3 Å². The number of piperidine rings is 1. The molecule has 1 aliphatic heterocycles. The van der Waals surface area contributed by atoms with Gasteiger partial charge in [-0.05, 0) is 58.9 Å². The van der Waals surface area contributed by atoms with E-state index in [-0.39, 0.29) is 30.6 Å². The summed E-state index contributed by atoms with van der Waals surface area (Å²) >= 11 is 3.10. The maximum absolute atomic E-state index is 13.4. The van der Waals surface area contributed by atoms with Gasteiger partial charge in [-0.15, -0.1) is 12.4 Å². The number of carbonyl (C=O) groups excluding carboxylic acids is 1. The first-order chi connectivity index (χ1) is 9.10. The Labute approximate surface area is 133 Å². The standard InChI is InChI=1S/C14H18BrFN2O.ClH/c15-12-2-1-11(7-13(12)16)8-14(19)18-5-3-10(9-17)4-6-18;/h1-2,7,10H,3-6,8-9,17H2;1H. The minimum atomic E-state index is -0.327. The molecular formula is C14H19BrClFN2O. The van der Waals surface area contributed by atoms with Crippen molar-refractivity contribution in [1.29, 1.82) is 0 Å². The van der Waals surface area contributed by atoms with Gasteiger partial charge >= 0.3 is 0 Å². The Morgan fingerprint density at radius 3 is 2.60 bits per heavy atom. The van der Waals surface area contributed by atoms with Crippen LogP contribution in [0.2, 0.25) is 0 Å². The Balaban J connectivity index is 0.00000200. The van der Waals surface area contributed by atoms with Gasteiger partial charge < -0.3 is 10.6 Å². The Morgan fingerprint density at radius 2 is 2.05 bits per heavy atom. The van der Waals surface area contributed by atoms with Crippen LogP contribution < -0.4 is 5.73 Å². The van der Waals surface area contributed by atoms with Crippen LogP contribution in [0.1, 0.15) is 18.4 Å². The molecular weight excluding hydrogens is 347 g/mol. The Bertz CT molecular complexity index is 464. The lowest BCUT2D eigenvalue weighted by atomic mass is 9.96. The third-order valence-corrected chi connectivity index (χ3v) is 4.28. The molecule has 3 nitrogen and oxygen atoms in total. The average Bonchev–Trinajstić information content (AvgIpc) is 2.43. The van der Waals surface area contributed by atoms with E-state index in [1.165, 1.54) is 6.07 Å². The highest BCUT2D eigenvalue weighted by Crippen LogP contribution is 2.19. The largest absolute Gasteiger partial charge is 0.342 e. The van der Waals surface area contributed by atoms with Crippen LogP contribution in [0, 0.1) is 11.7 Å². The zero-order chi connectivity index (χ0) is 13.8. The molecule has 1 heterocycles. The second-order valence-electron chi connectivity index (χ2n) is 4.99. The quantitative estimate of drug-likeness (QED) is 0.895. The SMILES string of the molecule is Cl.NCC1CCN(C(=O)Cc2ccc(Br)c(F)c2)CC1. The summed E-state index contributed by atoms with van der Waals surface area (Å²) in [4.78, 5) is 14.0. The first kappa shape index (κ1) is 17.4. The molecule has 112 valence electrons. The molecule has 2 rings (SSSR count). The molecule has 0 aromatic heterocycles. The maximum atomic E-state index is 13.4. The molecule has 0 saturated carbocycles. The number of rotatable bonds is 3. The molecule has 1 fully saturated rings. The molecule has 6 heteroatoms. The number of hydrogen-bond acceptors (Lipinski definition) is 2. The number of amides is 1. The second kappa shape index (κ2) is 7.96. The van der Waals surface area contributed by atoms with E-state index in [0.29, 0.717) is 22.5 Å². The molecule has 1 aromatic rings. The number of nitrogens with two attached hydrogens (primary N) is 1. The van der Waals surface area contributed by atoms with Crippen LogP contribution in [0.5, 0.6) is 0 Å². The van der Waals surface area contributed by atoms with Crippen LogP contribution in [-0.4, -0.2) is 30.4 Å². The molecule has 0 aliphatic carbocycles. The molecule has 0 radical (unpaired) electrons. The third-order valence-electron chi connectivity index (χ3n) is 3.64. The number of hydrogen-bond donors (Lipinski definition) is 1. The minimum absolute atomic E-state index is 0. The number of likely N-dealkylation sites (tertiary alicyclic amines) is 1. The van der Waals surface area contributed by atoms with Crippen molar-refractivity contribution in [2.75, 3.05) is 19.6 Å². The number of carbonyl (C=O) groups is 1. The Morgan fingerprint density at radius 1 is 1.40 bits per heavy atom. The van der Waals surface area contributed by atoms with Crippen molar-refractivity contribution < 1.29 is 9.18 Å². The number of nitrogens with zero attached hydrogens (tertiary/aromatic N) is 1. The molecule has 0 spiro atoms. The molecule has 2 N–H and O–H groups in total. The van der Waals surface area contributed by atoms with E-state index in [1.807, 2.05) is 4.90 Å². The van der Waals surface area contributed by atoms with Gasteiger partial charge in [0.2, 0.25) is 5.91 Å². The van der Waals surface area contributed by atoms with Gasteiger partial charge in [-0.25, -0.2) is 4.39 Å². The molecule has 1 aromatic carbocycles. The molecule has 20 heavy (non-hydrogen) atoms. The number of halogens is 3. The fraction of sp³-hybridized carbons (Fsp3) is 0.500. The van der Waals surface area contributed by atoms with Crippen LogP contribution in [0.4, 0.5) is 4.39 Å². The van der Waals surface area contributed by atoms with E-state index in [4.69, 9.17) is 5.73 Å². The van der Waals surface area contributed by atoms with E-state index in [0.717, 1.165) is 25.9 Å². The van der Waals surface area contributed by atoms with Crippen molar-refractivity contribution in [3.8, 4) is 0 Å². The summed E-state index contributed by atoms with van der Waals surface area (Å²) in [6.07, 6.45) is 2.20. The summed E-state index contributed by atoms with van der Waals surface area (Å²) in [5, 5.41) is 0. The Hall–Kier alpha value is -0.650. The molecule has 1 saturated heterocycles. The lowest BCUT2D eigenvalue weighted by Crippen LogP contribution is -2.40. The van der Waals surface area contributed by atoms with Crippen LogP contribution in [0.15, 0.2) is 22.7 Å². The van der Waals surface area contributed by atoms with Crippen LogP contribution >= 0.6 is 28.3 Å². The summed E-state index contributed by atoms with van der Waals surface area (Å²) in [6.45, 7) is 2.22. The van der Waals surface area contributed by atoms with Crippen molar-refractivity contribution in [2.24, 2.45) is 11.7 Å². The van der Waals surface area contributed by atoms with E-state index < -0.39 is 0 Å². The molecule has 1 aliphatic rings. The lowest BCUT2D eigenvalue weighted by Gasteiger charge is -2.31. The predicted molar refractivity (Wildman–Crippen MR) is 83.4 cm³/mol. The number of benzene rings is 1. The van der Waals surface area contributed by atoms with Gasteiger partial charge in [0.1, 0.15) is 5.82 Å². The maximum Gasteiger partial charge on any atom is 0.226 e. The van der Waals surface area contributed by atoms with E-state index in [1.54, 1.807) is 12.1 Å². The average molecular weight is 366 g/mol. The van der Waals surface area contributed by atoms with Crippen molar-refractivity contribution in [3.63, 3.8) is 0 Å². The third kappa shape index (κ3) is 4.43. The summed E-state index contributed by atoms with van der Waals surface area (Å²) in [7, 11) is 0. The van der Waals surface area contributed by atoms with Crippen molar-refractivity contribution in [3.05, 3.63) is 34.1 Å². The van der Waals surface area contributed by atoms with Gasteiger partial charge in [0.05, 0.1) is 10.9 Å². The van der Waals surface area contributed by atoms with Gasteiger partial charge in [0.15, 0.2) is 0 Å². The normalized spacial score (nSPS) is 15.8. The van der Waals surface area contributed by atoms with Crippen molar-refractivity contribution >= 4 is 34.2 Å². The van der Waals surface area contributed by atoms with Gasteiger partial charge in [0, 0.05) is 13.1 Å². The van der Waals surface area contributed by atoms with Gasteiger partial charge in [0.25, 0.3) is 0 Å². The summed E-state index contributed by atoms with van der Waals surface area (Å²) in [6, 6.07) is 4.82. The fourth-order valence-corrected chi connectivity index (χ4v) is 2.60. The monoisotopic (exact) mass is 364 g/mol. The highest BCUT2D eigenvalue weighted by Gasteiger charge is 2.21. The predicted octanol–water partition coefficient (Wildman–Crippen LogP) is 2.75. The molecule has 1 amide bonds. The summed E-state index contributed by atoms with van der Waals surface area (Å²) in [5.41, 5.74) is 6.34. The van der Waals surface area contributed by atoms with Crippen molar-refractivity contribution in [1.82, 2.24) is 4.90 Å². The zero-order valence-electron chi connectivity index (χ0n) is 11.1. The smallest absolute Gasteiger partial charge is 0.226 e. The molecule has 0 atom stereocenters. The lowest BCUT2D eigenvalue weighted by molar-refractivity contribution is -0.131. The van der Waals surface area contributed by atoms with E-state index in [2.05, 4.69) is 15.9 Å². The minimum Gasteiger partial charge on any atom is -0.342 e. The van der Waals surface area contributed by atoms with Crippen LogP contribution in [0.3, 0.4) is 0 Å². The summed E-state index contributed by atoms with van der Waals surface area (Å²) in [5.74, 6) is 0.276. The molecule has 0 unspecified atom stereocenters. The fourth-order valence-electron chi connectivity index (χ4n) is 2.35. The second-order valence-corrected chi connectivity index (χ2v) is 5.84. The highest BCUT2D eigenvalue weighted by atomic mass is 79.9. The van der Waals surface area contributed by atoms with Crippen LogP contribution in [0.25, 0.3) is 0 Å². The van der Waals surface area contributed by atoms with E-state index >= 15 is 0 Å². The van der Waals surface area contributed by atoms with Gasteiger partial charge in [-0.3, -0.25) is 4.79 Å². The zero-order valence-corrected chi connectivity index (χ0v) is 13.6. The van der Waals surface area contributed by atoms with Gasteiger partial charge in [-0.1, -0.05) is 6.07 Å². The Kier molecular flexibility index (Phi) is 6.92. The first-order valence-corrected chi connectivity index (χ1v) is 7.31. The summed E-state index contributed by atoms with van der Waals surface area (Å²) < 4.78 is 13.8. The topological polar surface area (TPSA) is 46.3 Å².